The average Bonchev–Trinajstić information content (AvgIpc) is 3.26. The lowest BCUT2D eigenvalue weighted by molar-refractivity contribution is -0.161. The van der Waals surface area contributed by atoms with E-state index >= 15 is 0 Å². The molecule has 1 saturated carbocycles. The number of thioether (sulfide) groups is 1. The predicted molar refractivity (Wildman–Crippen MR) is 170 cm³/mol. The minimum absolute atomic E-state index is 0.0543. The van der Waals surface area contributed by atoms with E-state index in [1.165, 1.54) is 0 Å². The van der Waals surface area contributed by atoms with Gasteiger partial charge in [-0.15, -0.1) is 0 Å². The van der Waals surface area contributed by atoms with Gasteiger partial charge in [0.25, 0.3) is 0 Å². The zero-order valence-corrected chi connectivity index (χ0v) is 27.2. The van der Waals surface area contributed by atoms with Gasteiger partial charge in [0, 0.05) is 38.2 Å². The number of benzene rings is 1. The zero-order valence-electron chi connectivity index (χ0n) is 26.4. The second-order valence-electron chi connectivity index (χ2n) is 11.4. The first-order chi connectivity index (χ1) is 20.7. The third-order valence-electron chi connectivity index (χ3n) is 8.37. The number of hydrogen-bond donors (Lipinski definition) is 2. The molecule has 1 aliphatic rings. The van der Waals surface area contributed by atoms with Gasteiger partial charge in [0.05, 0.1) is 24.2 Å². The minimum Gasteiger partial charge on any atom is -0.462 e. The lowest BCUT2D eigenvalue weighted by Gasteiger charge is -2.28. The van der Waals surface area contributed by atoms with Crippen LogP contribution in [0, 0.1) is 17.3 Å². The fourth-order valence-electron chi connectivity index (χ4n) is 5.79. The first kappa shape index (κ1) is 37.0. The Bertz CT molecular complexity index is 1020. The van der Waals surface area contributed by atoms with Gasteiger partial charge >= 0.3 is 11.9 Å². The Hall–Kier alpha value is -2.20. The number of hydrogen-bond acceptors (Lipinski definition) is 9. The molecule has 1 aliphatic carbocycles. The maximum Gasteiger partial charge on any atom is 0.312 e. The highest BCUT2D eigenvalue weighted by molar-refractivity contribution is 7.99. The molecule has 9 heteroatoms. The molecule has 0 spiro atoms. The number of carbonyl (C=O) groups is 3. The fourth-order valence-corrected chi connectivity index (χ4v) is 6.76. The van der Waals surface area contributed by atoms with Crippen molar-refractivity contribution >= 4 is 29.5 Å². The van der Waals surface area contributed by atoms with Crippen molar-refractivity contribution in [1.82, 2.24) is 0 Å². The van der Waals surface area contributed by atoms with Crippen molar-refractivity contribution in [3.05, 3.63) is 47.5 Å². The minimum atomic E-state index is -0.739. The van der Waals surface area contributed by atoms with Crippen LogP contribution in [0.15, 0.2) is 36.4 Å². The van der Waals surface area contributed by atoms with Crippen LogP contribution in [0.5, 0.6) is 0 Å². The van der Waals surface area contributed by atoms with E-state index in [2.05, 4.69) is 6.92 Å². The molecule has 242 valence electrons. The van der Waals surface area contributed by atoms with Gasteiger partial charge in [-0.1, -0.05) is 63.6 Å². The van der Waals surface area contributed by atoms with Gasteiger partial charge in [-0.25, -0.2) is 0 Å². The lowest BCUT2D eigenvalue weighted by Crippen LogP contribution is -2.32. The van der Waals surface area contributed by atoms with E-state index in [9.17, 15) is 24.6 Å². The van der Waals surface area contributed by atoms with Crippen LogP contribution in [0.4, 0.5) is 0 Å². The molecule has 0 aliphatic heterocycles. The summed E-state index contributed by atoms with van der Waals surface area (Å²) in [4.78, 5) is 37.2. The third kappa shape index (κ3) is 12.4. The molecule has 0 unspecified atom stereocenters. The summed E-state index contributed by atoms with van der Waals surface area (Å²) < 4.78 is 15.8. The van der Waals surface area contributed by atoms with E-state index in [-0.39, 0.29) is 55.6 Å². The summed E-state index contributed by atoms with van der Waals surface area (Å²) in [7, 11) is 1.64. The van der Waals surface area contributed by atoms with E-state index in [4.69, 9.17) is 14.2 Å². The standard InChI is InChI=1S/C34H52O8S/c1-5-16-34(6-2,7-3)33(39)42-18-17-41-32(38)12-9-19-43-20-15-29-28(30(36)23-31(29)37)14-13-27(35)22-25-10-8-11-26(21-25)24-40-4/h8,10-11,13-14,21,27-30,35-36H,5-7,9,12,15-20,22-24H2,1-4H3/b14-13+/t27-,28+,29-,30-/m1/s1. The van der Waals surface area contributed by atoms with Crippen LogP contribution in [-0.2, 0) is 41.6 Å². The van der Waals surface area contributed by atoms with Gasteiger partial charge in [-0.3, -0.25) is 14.4 Å². The smallest absolute Gasteiger partial charge is 0.312 e. The number of esters is 2. The molecule has 0 radical (unpaired) electrons. The van der Waals surface area contributed by atoms with Crippen molar-refractivity contribution < 1.29 is 38.8 Å². The summed E-state index contributed by atoms with van der Waals surface area (Å²) in [6, 6.07) is 7.87. The zero-order chi connectivity index (χ0) is 31.7. The summed E-state index contributed by atoms with van der Waals surface area (Å²) in [5, 5.41) is 21.0. The van der Waals surface area contributed by atoms with E-state index in [0.29, 0.717) is 25.9 Å². The van der Waals surface area contributed by atoms with Crippen LogP contribution in [0.3, 0.4) is 0 Å². The van der Waals surface area contributed by atoms with E-state index in [0.717, 1.165) is 48.3 Å². The van der Waals surface area contributed by atoms with Crippen molar-refractivity contribution in [3.63, 3.8) is 0 Å². The molecule has 0 saturated heterocycles. The highest BCUT2D eigenvalue weighted by atomic mass is 32.2. The summed E-state index contributed by atoms with van der Waals surface area (Å²) in [5.74, 6) is 0.430. The fraction of sp³-hybridized carbons (Fsp3) is 0.676. The Balaban J connectivity index is 1.66. The Morgan fingerprint density at radius 2 is 1.84 bits per heavy atom. The topological polar surface area (TPSA) is 119 Å². The number of rotatable bonds is 21. The molecular formula is C34H52O8S. The summed E-state index contributed by atoms with van der Waals surface area (Å²) >= 11 is 1.67. The number of carbonyl (C=O) groups excluding carboxylic acids is 3. The first-order valence-corrected chi connectivity index (χ1v) is 16.9. The SMILES string of the molecule is CCCC(CC)(CC)C(=O)OCCOC(=O)CCCSCC[C@H]1C(=O)C[C@@H](O)[C@H]1/C=C/[C@@H](O)Cc1cccc(COC)c1. The van der Waals surface area contributed by atoms with E-state index in [1.54, 1.807) is 31.0 Å². The number of aliphatic hydroxyl groups is 2. The molecule has 43 heavy (non-hydrogen) atoms. The van der Waals surface area contributed by atoms with Crippen LogP contribution in [0.25, 0.3) is 0 Å². The second kappa shape index (κ2) is 20.0. The third-order valence-corrected chi connectivity index (χ3v) is 9.47. The molecule has 0 bridgehead atoms. The van der Waals surface area contributed by atoms with Gasteiger partial charge in [0.1, 0.15) is 19.0 Å². The van der Waals surface area contributed by atoms with Crippen molar-refractivity contribution in [2.45, 2.75) is 97.4 Å². The second-order valence-corrected chi connectivity index (χ2v) is 12.7. The summed E-state index contributed by atoms with van der Waals surface area (Å²) in [6.07, 6.45) is 7.34. The molecule has 1 aromatic rings. The molecular weight excluding hydrogens is 568 g/mol. The van der Waals surface area contributed by atoms with Crippen molar-refractivity contribution in [2.24, 2.45) is 17.3 Å². The van der Waals surface area contributed by atoms with Crippen molar-refractivity contribution in [1.29, 1.82) is 0 Å². The highest BCUT2D eigenvalue weighted by Crippen LogP contribution is 2.35. The molecule has 1 fully saturated rings. The van der Waals surface area contributed by atoms with Crippen LogP contribution in [0.2, 0.25) is 0 Å². The largest absolute Gasteiger partial charge is 0.462 e. The number of methoxy groups -OCH3 is 1. The highest BCUT2D eigenvalue weighted by Gasteiger charge is 2.39. The maximum atomic E-state index is 12.6. The molecule has 4 atom stereocenters. The number of aliphatic hydroxyl groups excluding tert-OH is 2. The van der Waals surface area contributed by atoms with Gasteiger partial charge in [0.15, 0.2) is 0 Å². The van der Waals surface area contributed by atoms with Crippen LogP contribution >= 0.6 is 11.8 Å². The quantitative estimate of drug-likeness (QED) is 0.105. The summed E-state index contributed by atoms with van der Waals surface area (Å²) in [6.45, 7) is 6.70. The Morgan fingerprint density at radius 1 is 1.12 bits per heavy atom. The lowest BCUT2D eigenvalue weighted by atomic mass is 9.78. The van der Waals surface area contributed by atoms with E-state index < -0.39 is 17.6 Å². The van der Waals surface area contributed by atoms with Crippen LogP contribution in [0.1, 0.15) is 83.3 Å². The maximum absolute atomic E-state index is 12.6. The molecule has 0 heterocycles. The molecule has 8 nitrogen and oxygen atoms in total. The molecule has 1 aromatic carbocycles. The number of ketones is 1. The normalized spacial score (nSPS) is 19.6. The molecule has 0 aromatic heterocycles. The Labute approximate surface area is 261 Å². The van der Waals surface area contributed by atoms with Crippen LogP contribution < -0.4 is 0 Å². The van der Waals surface area contributed by atoms with E-state index in [1.807, 2.05) is 38.1 Å². The first-order valence-electron chi connectivity index (χ1n) is 15.7. The predicted octanol–water partition coefficient (Wildman–Crippen LogP) is 5.46. The van der Waals surface area contributed by atoms with Gasteiger partial charge in [-0.2, -0.15) is 11.8 Å². The molecule has 2 rings (SSSR count). The number of ether oxygens (including phenoxy) is 3. The summed E-state index contributed by atoms with van der Waals surface area (Å²) in [5.41, 5.74) is 1.58. The van der Waals surface area contributed by atoms with Gasteiger partial charge in [0.2, 0.25) is 0 Å². The van der Waals surface area contributed by atoms with Gasteiger partial charge in [-0.05, 0) is 54.7 Å². The van der Waals surface area contributed by atoms with Crippen molar-refractivity contribution in [2.75, 3.05) is 31.8 Å². The average molecular weight is 621 g/mol. The monoisotopic (exact) mass is 620 g/mol. The van der Waals surface area contributed by atoms with Gasteiger partial charge < -0.3 is 24.4 Å². The Morgan fingerprint density at radius 3 is 2.53 bits per heavy atom. The Kier molecular flexibility index (Phi) is 17.2. The number of Topliss-reactive ketones (excluding diaryl/α,β-unsaturated/α-hetero) is 1. The van der Waals surface area contributed by atoms with Crippen molar-refractivity contribution in [3.8, 4) is 0 Å². The van der Waals surface area contributed by atoms with Crippen LogP contribution in [-0.4, -0.2) is 72.0 Å². The molecule has 0 amide bonds. The molecule has 2 N–H and O–H groups in total.